The average molecular weight is 254 g/mol. The maximum atomic E-state index is 11.8. The van der Waals surface area contributed by atoms with Crippen molar-refractivity contribution in [2.75, 3.05) is 6.54 Å². The standard InChI is InChI=1S/C12H18N2O2S/c1-2-9-3-4-10(17-9)7-14-12(16)11-5-8(15)6-13-11/h3-4,8,11,13,15H,2,5-7H2,1H3,(H,14,16)/t8-,11-/m0/s1. The fourth-order valence-corrected chi connectivity index (χ4v) is 2.82. The largest absolute Gasteiger partial charge is 0.392 e. The number of hydrogen-bond donors (Lipinski definition) is 3. The molecule has 0 spiro atoms. The lowest BCUT2D eigenvalue weighted by Crippen LogP contribution is -2.39. The first-order chi connectivity index (χ1) is 8.19. The fraction of sp³-hybridized carbons (Fsp3) is 0.583. The number of aryl methyl sites for hydroxylation is 1. The van der Waals surface area contributed by atoms with E-state index in [1.165, 1.54) is 9.75 Å². The molecule has 0 saturated carbocycles. The van der Waals surface area contributed by atoms with Crippen LogP contribution in [0.15, 0.2) is 12.1 Å². The highest BCUT2D eigenvalue weighted by molar-refractivity contribution is 7.11. The average Bonchev–Trinajstić information content (AvgIpc) is 2.94. The molecule has 2 heterocycles. The first-order valence-electron chi connectivity index (χ1n) is 5.95. The normalized spacial score (nSPS) is 23.9. The molecule has 1 aliphatic heterocycles. The van der Waals surface area contributed by atoms with E-state index >= 15 is 0 Å². The summed E-state index contributed by atoms with van der Waals surface area (Å²) in [6.07, 6.45) is 1.16. The lowest BCUT2D eigenvalue weighted by molar-refractivity contribution is -0.123. The summed E-state index contributed by atoms with van der Waals surface area (Å²) in [5.74, 6) is -0.0204. The van der Waals surface area contributed by atoms with Gasteiger partial charge in [-0.1, -0.05) is 6.92 Å². The van der Waals surface area contributed by atoms with Crippen LogP contribution in [0.4, 0.5) is 0 Å². The van der Waals surface area contributed by atoms with Crippen LogP contribution in [0.3, 0.4) is 0 Å². The Bertz CT molecular complexity index is 392. The van der Waals surface area contributed by atoms with E-state index < -0.39 is 0 Å². The summed E-state index contributed by atoms with van der Waals surface area (Å²) in [6, 6.07) is 3.92. The third-order valence-corrected chi connectivity index (χ3v) is 4.16. The topological polar surface area (TPSA) is 61.4 Å². The molecule has 4 nitrogen and oxygen atoms in total. The molecule has 0 aliphatic carbocycles. The predicted molar refractivity (Wildman–Crippen MR) is 68.0 cm³/mol. The lowest BCUT2D eigenvalue weighted by Gasteiger charge is -2.09. The molecule has 17 heavy (non-hydrogen) atoms. The van der Waals surface area contributed by atoms with Crippen molar-refractivity contribution in [2.45, 2.75) is 38.5 Å². The van der Waals surface area contributed by atoms with Gasteiger partial charge in [-0.3, -0.25) is 4.79 Å². The van der Waals surface area contributed by atoms with Gasteiger partial charge in [0.15, 0.2) is 0 Å². The van der Waals surface area contributed by atoms with E-state index in [0.29, 0.717) is 19.5 Å². The number of hydrogen-bond acceptors (Lipinski definition) is 4. The zero-order chi connectivity index (χ0) is 12.3. The third-order valence-electron chi connectivity index (χ3n) is 2.93. The maximum absolute atomic E-state index is 11.8. The van der Waals surface area contributed by atoms with Crippen molar-refractivity contribution in [3.8, 4) is 0 Å². The fourth-order valence-electron chi connectivity index (χ4n) is 1.92. The number of aliphatic hydroxyl groups excluding tert-OH is 1. The van der Waals surface area contributed by atoms with E-state index in [4.69, 9.17) is 0 Å². The van der Waals surface area contributed by atoms with E-state index in [1.54, 1.807) is 11.3 Å². The van der Waals surface area contributed by atoms with Gasteiger partial charge >= 0.3 is 0 Å². The number of nitrogens with one attached hydrogen (secondary N) is 2. The molecular formula is C12H18N2O2S. The number of rotatable bonds is 4. The monoisotopic (exact) mass is 254 g/mol. The number of carbonyl (C=O) groups excluding carboxylic acids is 1. The number of aliphatic hydroxyl groups is 1. The van der Waals surface area contributed by atoms with E-state index in [9.17, 15) is 9.90 Å². The van der Waals surface area contributed by atoms with E-state index in [-0.39, 0.29) is 18.1 Å². The van der Waals surface area contributed by atoms with Crippen molar-refractivity contribution in [3.05, 3.63) is 21.9 Å². The molecule has 3 N–H and O–H groups in total. The van der Waals surface area contributed by atoms with Crippen LogP contribution in [-0.2, 0) is 17.8 Å². The van der Waals surface area contributed by atoms with Gasteiger partial charge in [0.1, 0.15) is 0 Å². The molecule has 0 radical (unpaired) electrons. The molecule has 1 aromatic rings. The van der Waals surface area contributed by atoms with Crippen molar-refractivity contribution in [2.24, 2.45) is 0 Å². The molecule has 1 saturated heterocycles. The molecule has 2 rings (SSSR count). The molecule has 1 fully saturated rings. The van der Waals surface area contributed by atoms with Crippen molar-refractivity contribution in [3.63, 3.8) is 0 Å². The number of thiophene rings is 1. The van der Waals surface area contributed by atoms with E-state index in [2.05, 4.69) is 29.7 Å². The molecule has 1 aliphatic rings. The van der Waals surface area contributed by atoms with Gasteiger partial charge < -0.3 is 15.7 Å². The van der Waals surface area contributed by atoms with Crippen molar-refractivity contribution < 1.29 is 9.90 Å². The van der Waals surface area contributed by atoms with Gasteiger partial charge in [-0.05, 0) is 25.0 Å². The van der Waals surface area contributed by atoms with E-state index in [1.807, 2.05) is 0 Å². The summed E-state index contributed by atoms with van der Waals surface area (Å²) in [5, 5.41) is 15.2. The molecular weight excluding hydrogens is 236 g/mol. The summed E-state index contributed by atoms with van der Waals surface area (Å²) in [6.45, 7) is 3.22. The van der Waals surface area contributed by atoms with Gasteiger partial charge in [0, 0.05) is 16.3 Å². The van der Waals surface area contributed by atoms with Crippen molar-refractivity contribution in [1.29, 1.82) is 0 Å². The Hall–Kier alpha value is -0.910. The molecule has 94 valence electrons. The van der Waals surface area contributed by atoms with Gasteiger partial charge in [0.25, 0.3) is 0 Å². The molecule has 5 heteroatoms. The van der Waals surface area contributed by atoms with Crippen LogP contribution in [0.5, 0.6) is 0 Å². The summed E-state index contributed by atoms with van der Waals surface area (Å²) >= 11 is 1.73. The number of amides is 1. The molecule has 1 aromatic heterocycles. The van der Waals surface area contributed by atoms with Crippen LogP contribution >= 0.6 is 11.3 Å². The maximum Gasteiger partial charge on any atom is 0.237 e. The Kier molecular flexibility index (Phi) is 4.15. The van der Waals surface area contributed by atoms with Gasteiger partial charge in [0.05, 0.1) is 18.7 Å². The molecule has 0 aromatic carbocycles. The molecule has 0 bridgehead atoms. The molecule has 2 atom stereocenters. The number of β-amino-alcohol motifs (C(OH)–C–C–N with tert-alkyl or cyclic N) is 1. The SMILES string of the molecule is CCc1ccc(CNC(=O)[C@@H]2C[C@H](O)CN2)s1. The summed E-state index contributed by atoms with van der Waals surface area (Å²) in [5.41, 5.74) is 0. The number of carbonyl (C=O) groups is 1. The second-order valence-electron chi connectivity index (χ2n) is 4.29. The quantitative estimate of drug-likeness (QED) is 0.739. The highest BCUT2D eigenvalue weighted by Crippen LogP contribution is 2.16. The van der Waals surface area contributed by atoms with Crippen LogP contribution in [0.2, 0.25) is 0 Å². The van der Waals surface area contributed by atoms with Crippen molar-refractivity contribution >= 4 is 17.2 Å². The summed E-state index contributed by atoms with van der Waals surface area (Å²) < 4.78 is 0. The first-order valence-corrected chi connectivity index (χ1v) is 6.77. The minimum absolute atomic E-state index is 0.0204. The Morgan fingerprint density at radius 2 is 2.35 bits per heavy atom. The zero-order valence-corrected chi connectivity index (χ0v) is 10.7. The highest BCUT2D eigenvalue weighted by Gasteiger charge is 2.27. The van der Waals surface area contributed by atoms with Gasteiger partial charge in [-0.2, -0.15) is 0 Å². The zero-order valence-electron chi connectivity index (χ0n) is 9.90. The lowest BCUT2D eigenvalue weighted by atomic mass is 10.2. The van der Waals surface area contributed by atoms with Gasteiger partial charge in [0.2, 0.25) is 5.91 Å². The van der Waals surface area contributed by atoms with Gasteiger partial charge in [-0.15, -0.1) is 11.3 Å². The Labute approximate surface area is 105 Å². The van der Waals surface area contributed by atoms with Crippen LogP contribution in [0, 0.1) is 0 Å². The molecule has 0 unspecified atom stereocenters. The third kappa shape index (κ3) is 3.28. The minimum atomic E-state index is -0.390. The predicted octanol–water partition coefficient (Wildman–Crippen LogP) is 0.649. The second-order valence-corrected chi connectivity index (χ2v) is 5.54. The van der Waals surface area contributed by atoms with Gasteiger partial charge in [-0.25, -0.2) is 0 Å². The minimum Gasteiger partial charge on any atom is -0.392 e. The van der Waals surface area contributed by atoms with Crippen LogP contribution in [0.1, 0.15) is 23.1 Å². The summed E-state index contributed by atoms with van der Waals surface area (Å²) in [4.78, 5) is 14.3. The smallest absolute Gasteiger partial charge is 0.237 e. The highest BCUT2D eigenvalue weighted by atomic mass is 32.1. The Balaban J connectivity index is 1.79. The van der Waals surface area contributed by atoms with Crippen LogP contribution in [0.25, 0.3) is 0 Å². The Morgan fingerprint density at radius 1 is 1.59 bits per heavy atom. The molecule has 1 amide bonds. The van der Waals surface area contributed by atoms with Crippen LogP contribution < -0.4 is 10.6 Å². The second kappa shape index (κ2) is 5.62. The van der Waals surface area contributed by atoms with E-state index in [0.717, 1.165) is 6.42 Å². The summed E-state index contributed by atoms with van der Waals surface area (Å²) in [7, 11) is 0. The first kappa shape index (κ1) is 12.5. The van der Waals surface area contributed by atoms with Crippen LogP contribution in [-0.4, -0.2) is 29.7 Å². The van der Waals surface area contributed by atoms with Crippen molar-refractivity contribution in [1.82, 2.24) is 10.6 Å². The Morgan fingerprint density at radius 3 is 2.94 bits per heavy atom.